The summed E-state index contributed by atoms with van der Waals surface area (Å²) in [5, 5.41) is 7.51. The zero-order chi connectivity index (χ0) is 40.0. The van der Waals surface area contributed by atoms with Crippen LogP contribution in [0.3, 0.4) is 0 Å². The van der Waals surface area contributed by atoms with Gasteiger partial charge in [0, 0.05) is 10.9 Å². The van der Waals surface area contributed by atoms with E-state index in [2.05, 4.69) is 218 Å². The van der Waals surface area contributed by atoms with Crippen LogP contribution < -0.4 is 4.74 Å². The van der Waals surface area contributed by atoms with Crippen LogP contribution in [0.4, 0.5) is 0 Å². The number of hydrogen-bond acceptors (Lipinski definition) is 1. The van der Waals surface area contributed by atoms with E-state index in [1.165, 1.54) is 105 Å². The van der Waals surface area contributed by atoms with Gasteiger partial charge in [0.1, 0.15) is 11.5 Å². The first-order valence-electron chi connectivity index (χ1n) is 21.1. The molecule has 11 aromatic rings. The average Bonchev–Trinajstić information content (AvgIpc) is 3.66. The largest absolute Gasteiger partial charge is 0.456 e. The van der Waals surface area contributed by atoms with Gasteiger partial charge in [-0.3, -0.25) is 0 Å². The van der Waals surface area contributed by atoms with E-state index in [1.807, 2.05) is 0 Å². The number of benzene rings is 11. The van der Waals surface area contributed by atoms with Crippen molar-refractivity contribution in [1.82, 2.24) is 0 Å². The van der Waals surface area contributed by atoms with Gasteiger partial charge in [0.15, 0.2) is 0 Å². The third-order valence-corrected chi connectivity index (χ3v) is 13.0. The summed E-state index contributed by atoms with van der Waals surface area (Å²) in [5.74, 6) is 1.79. The molecule has 1 aliphatic carbocycles. The molecule has 0 bridgehead atoms. The normalized spacial score (nSPS) is 12.1. The van der Waals surface area contributed by atoms with Gasteiger partial charge in [-0.15, -0.1) is 0 Å². The molecule has 0 unspecified atom stereocenters. The first-order valence-corrected chi connectivity index (χ1v) is 21.1. The Morgan fingerprint density at radius 3 is 1.44 bits per heavy atom. The molecule has 0 saturated carbocycles. The highest BCUT2D eigenvalue weighted by atomic mass is 16.5. The van der Waals surface area contributed by atoms with Crippen LogP contribution in [0.15, 0.2) is 218 Å². The quantitative estimate of drug-likeness (QED) is 0.169. The van der Waals surface area contributed by atoms with Crippen molar-refractivity contribution in [3.63, 3.8) is 0 Å². The van der Waals surface area contributed by atoms with Gasteiger partial charge in [-0.1, -0.05) is 194 Å². The van der Waals surface area contributed by atoms with Gasteiger partial charge in [-0.2, -0.15) is 0 Å². The number of ether oxygens (including phenoxy) is 1. The molecule has 1 heterocycles. The van der Waals surface area contributed by atoms with E-state index in [-0.39, 0.29) is 0 Å². The van der Waals surface area contributed by atoms with Crippen molar-refractivity contribution in [2.45, 2.75) is 0 Å². The molecule has 0 N–H and O–H groups in total. The summed E-state index contributed by atoms with van der Waals surface area (Å²) < 4.78 is 6.66. The fourth-order valence-corrected chi connectivity index (χ4v) is 10.3. The highest BCUT2D eigenvalue weighted by Crippen LogP contribution is 2.58. The topological polar surface area (TPSA) is 9.23 Å². The number of fused-ring (bicyclic) bond motifs is 6. The van der Waals surface area contributed by atoms with E-state index in [9.17, 15) is 0 Å². The molecule has 282 valence electrons. The molecule has 2 aliphatic rings. The predicted octanol–water partition coefficient (Wildman–Crippen LogP) is 16.9. The van der Waals surface area contributed by atoms with E-state index in [1.54, 1.807) is 0 Å². The molecule has 0 saturated heterocycles. The summed E-state index contributed by atoms with van der Waals surface area (Å²) in [5.41, 5.74) is 19.7. The van der Waals surface area contributed by atoms with Gasteiger partial charge >= 0.3 is 0 Å². The first kappa shape index (κ1) is 33.9. The number of rotatable bonds is 5. The van der Waals surface area contributed by atoms with Crippen LogP contribution in [0, 0.1) is 0 Å². The summed E-state index contributed by atoms with van der Waals surface area (Å²) >= 11 is 0. The molecule has 13 rings (SSSR count). The van der Waals surface area contributed by atoms with Crippen molar-refractivity contribution in [1.29, 1.82) is 0 Å². The lowest BCUT2D eigenvalue weighted by atomic mass is 9.82. The summed E-state index contributed by atoms with van der Waals surface area (Å²) in [6.07, 6.45) is 0. The lowest BCUT2D eigenvalue weighted by molar-refractivity contribution is 0.487. The third kappa shape index (κ3) is 5.14. The molecule has 0 amide bonds. The minimum Gasteiger partial charge on any atom is -0.456 e. The Kier molecular flexibility index (Phi) is 7.37. The van der Waals surface area contributed by atoms with Gasteiger partial charge in [0.25, 0.3) is 0 Å². The number of hydrogen-bond donors (Lipinski definition) is 0. The average molecular weight is 773 g/mol. The molecule has 0 atom stereocenters. The molecule has 1 aliphatic heterocycles. The van der Waals surface area contributed by atoms with Crippen molar-refractivity contribution < 1.29 is 4.74 Å². The summed E-state index contributed by atoms with van der Waals surface area (Å²) in [6.45, 7) is 0. The molecular formula is C60H36O. The minimum absolute atomic E-state index is 0.895. The molecule has 0 spiro atoms. The SMILES string of the molecule is c1ccc(-c2ccc3c(c2)Oc2ccc(-c4cccc(-c5ccc(-c6c7c(c(-c8ccccc8)c8ccccc68)-c6cccc8cccc-7c68)cc5)c4)c4cccc-3c24)cc1. The summed E-state index contributed by atoms with van der Waals surface area (Å²) in [6, 6.07) is 79.8. The van der Waals surface area contributed by atoms with E-state index in [0.717, 1.165) is 28.0 Å². The van der Waals surface area contributed by atoms with Crippen LogP contribution in [0.1, 0.15) is 0 Å². The molecule has 1 heteroatoms. The van der Waals surface area contributed by atoms with Crippen molar-refractivity contribution in [2.75, 3.05) is 0 Å². The second-order valence-electron chi connectivity index (χ2n) is 16.3. The van der Waals surface area contributed by atoms with Crippen molar-refractivity contribution in [3.8, 4) is 101 Å². The maximum absolute atomic E-state index is 6.66. The molecule has 11 aromatic carbocycles. The van der Waals surface area contributed by atoms with Crippen LogP contribution in [0.25, 0.3) is 121 Å². The molecule has 61 heavy (non-hydrogen) atoms. The van der Waals surface area contributed by atoms with Gasteiger partial charge < -0.3 is 4.74 Å². The van der Waals surface area contributed by atoms with Crippen LogP contribution >= 0.6 is 0 Å². The Labute approximate surface area is 354 Å². The van der Waals surface area contributed by atoms with E-state index < -0.39 is 0 Å². The highest BCUT2D eigenvalue weighted by molar-refractivity contribution is 6.27. The zero-order valence-electron chi connectivity index (χ0n) is 33.2. The Morgan fingerprint density at radius 1 is 0.230 bits per heavy atom. The third-order valence-electron chi connectivity index (χ3n) is 13.0. The smallest absolute Gasteiger partial charge is 0.135 e. The first-order chi connectivity index (χ1) is 30.3. The Balaban J connectivity index is 0.920. The predicted molar refractivity (Wildman–Crippen MR) is 256 cm³/mol. The van der Waals surface area contributed by atoms with Gasteiger partial charge in [-0.25, -0.2) is 0 Å². The summed E-state index contributed by atoms with van der Waals surface area (Å²) in [7, 11) is 0. The Bertz CT molecular complexity index is 3580. The van der Waals surface area contributed by atoms with Crippen LogP contribution in [0.5, 0.6) is 11.5 Å². The maximum Gasteiger partial charge on any atom is 0.135 e. The Morgan fingerprint density at radius 2 is 0.721 bits per heavy atom. The monoisotopic (exact) mass is 772 g/mol. The van der Waals surface area contributed by atoms with E-state index in [0.29, 0.717) is 0 Å². The molecule has 0 fully saturated rings. The van der Waals surface area contributed by atoms with Crippen LogP contribution in [-0.2, 0) is 0 Å². The van der Waals surface area contributed by atoms with Crippen LogP contribution in [0.2, 0.25) is 0 Å². The fraction of sp³-hybridized carbons (Fsp3) is 0. The molecular weight excluding hydrogens is 737 g/mol. The van der Waals surface area contributed by atoms with Crippen molar-refractivity contribution in [3.05, 3.63) is 218 Å². The summed E-state index contributed by atoms with van der Waals surface area (Å²) in [4.78, 5) is 0. The lowest BCUT2D eigenvalue weighted by Crippen LogP contribution is -1.98. The second kappa shape index (κ2) is 13.3. The molecule has 0 aromatic heterocycles. The molecule has 1 nitrogen and oxygen atoms in total. The minimum atomic E-state index is 0.895. The second-order valence-corrected chi connectivity index (χ2v) is 16.3. The van der Waals surface area contributed by atoms with Gasteiger partial charge in [0.2, 0.25) is 0 Å². The molecule has 0 radical (unpaired) electrons. The standard InChI is InChI=1S/C60H36O/c1-3-13-37(14-4-1)43-31-32-46-48-24-12-23-47-45(33-34-53(58(47)48)61-54(46)36-43)44-20-9-19-42(35-44)38-27-29-41(30-28-38)57-50-22-8-7-21-49(50)56(40-15-5-2-6-16-40)59-51-25-10-17-39-18-11-26-52(55(39)51)60(57)59/h1-36H. The highest BCUT2D eigenvalue weighted by Gasteiger charge is 2.30. The van der Waals surface area contributed by atoms with Crippen molar-refractivity contribution >= 4 is 32.3 Å². The zero-order valence-corrected chi connectivity index (χ0v) is 33.2. The van der Waals surface area contributed by atoms with Gasteiger partial charge in [0.05, 0.1) is 0 Å². The Hall–Kier alpha value is -8.00. The van der Waals surface area contributed by atoms with Gasteiger partial charge in [-0.05, 0) is 135 Å². The van der Waals surface area contributed by atoms with E-state index >= 15 is 0 Å². The lowest BCUT2D eigenvalue weighted by Gasteiger charge is -2.23. The van der Waals surface area contributed by atoms with Crippen LogP contribution in [-0.4, -0.2) is 0 Å². The fourth-order valence-electron chi connectivity index (χ4n) is 10.3. The maximum atomic E-state index is 6.66. The van der Waals surface area contributed by atoms with Crippen molar-refractivity contribution in [2.24, 2.45) is 0 Å². The van der Waals surface area contributed by atoms with E-state index in [4.69, 9.17) is 4.74 Å².